The third kappa shape index (κ3) is 2.04. The molecule has 1 nitrogen and oxygen atoms in total. The maximum absolute atomic E-state index is 5.79. The van der Waals surface area contributed by atoms with Gasteiger partial charge in [-0.25, -0.2) is 0 Å². The van der Waals surface area contributed by atoms with E-state index in [1.54, 1.807) is 0 Å². The van der Waals surface area contributed by atoms with Gasteiger partial charge in [0, 0.05) is 5.88 Å². The number of alkyl halides is 1. The van der Waals surface area contributed by atoms with Crippen LogP contribution in [-0.4, -0.2) is 13.1 Å². The molecule has 2 rings (SSSR count). The molecule has 1 aliphatic heterocycles. The van der Waals surface area contributed by atoms with E-state index in [0.717, 1.165) is 25.9 Å². The van der Waals surface area contributed by atoms with Crippen molar-refractivity contribution in [3.63, 3.8) is 0 Å². The first-order chi connectivity index (χ1) is 6.40. The predicted molar refractivity (Wildman–Crippen MR) is 56.3 cm³/mol. The Bertz CT molecular complexity index is 296. The third-order valence-corrected chi connectivity index (χ3v) is 2.88. The second-order valence-electron chi connectivity index (χ2n) is 3.49. The highest BCUT2D eigenvalue weighted by Crippen LogP contribution is 2.16. The number of benzene rings is 1. The average Bonchev–Trinajstić information content (AvgIpc) is 2.41. The summed E-state index contributed by atoms with van der Waals surface area (Å²) in [5, 5.41) is 3.40. The Labute approximate surface area is 84.1 Å². The number of nitrogens with one attached hydrogen (secondary N) is 1. The lowest BCUT2D eigenvalue weighted by molar-refractivity contribution is 0.711. The Kier molecular flexibility index (Phi) is 2.87. The van der Waals surface area contributed by atoms with Gasteiger partial charge < -0.3 is 5.32 Å². The molecule has 1 N–H and O–H groups in total. The quantitative estimate of drug-likeness (QED) is 0.677. The van der Waals surface area contributed by atoms with Crippen LogP contribution in [0.25, 0.3) is 0 Å². The monoisotopic (exact) mass is 195 g/mol. The van der Waals surface area contributed by atoms with E-state index in [1.165, 1.54) is 16.7 Å². The second kappa shape index (κ2) is 4.12. The molecule has 2 heteroatoms. The van der Waals surface area contributed by atoms with Gasteiger partial charge in [-0.2, -0.15) is 0 Å². The summed E-state index contributed by atoms with van der Waals surface area (Å²) in [4.78, 5) is 0. The topological polar surface area (TPSA) is 12.0 Å². The first-order valence-electron chi connectivity index (χ1n) is 4.77. The van der Waals surface area contributed by atoms with Crippen LogP contribution in [-0.2, 0) is 18.7 Å². The van der Waals surface area contributed by atoms with Crippen LogP contribution in [0.15, 0.2) is 18.2 Å². The summed E-state index contributed by atoms with van der Waals surface area (Å²) in [6, 6.07) is 6.60. The van der Waals surface area contributed by atoms with Crippen LogP contribution in [0.2, 0.25) is 0 Å². The highest BCUT2D eigenvalue weighted by Gasteiger charge is 2.06. The lowest BCUT2D eigenvalue weighted by Gasteiger charge is -2.06. The van der Waals surface area contributed by atoms with E-state index in [-0.39, 0.29) is 0 Å². The molecule has 0 saturated heterocycles. The van der Waals surface area contributed by atoms with Crippen LogP contribution in [0, 0.1) is 0 Å². The highest BCUT2D eigenvalue weighted by molar-refractivity contribution is 6.17. The van der Waals surface area contributed by atoms with Crippen LogP contribution in [0.4, 0.5) is 0 Å². The van der Waals surface area contributed by atoms with Crippen molar-refractivity contribution in [3.8, 4) is 0 Å². The van der Waals surface area contributed by atoms with E-state index in [0.29, 0.717) is 5.88 Å². The van der Waals surface area contributed by atoms with E-state index in [9.17, 15) is 0 Å². The van der Waals surface area contributed by atoms with Crippen LogP contribution in [0.1, 0.15) is 16.7 Å². The number of rotatable bonds is 1. The van der Waals surface area contributed by atoms with Crippen molar-refractivity contribution in [2.75, 3.05) is 13.1 Å². The molecule has 1 aromatic rings. The molecule has 0 aromatic heterocycles. The predicted octanol–water partition coefficient (Wildman–Crippen LogP) is 2.11. The maximum atomic E-state index is 5.79. The van der Waals surface area contributed by atoms with Crippen molar-refractivity contribution in [2.24, 2.45) is 0 Å². The Morgan fingerprint density at radius 3 is 2.69 bits per heavy atom. The van der Waals surface area contributed by atoms with Crippen molar-refractivity contribution < 1.29 is 0 Å². The van der Waals surface area contributed by atoms with Crippen LogP contribution in [0.5, 0.6) is 0 Å². The molecule has 0 bridgehead atoms. The molecule has 0 saturated carbocycles. The molecule has 13 heavy (non-hydrogen) atoms. The summed E-state index contributed by atoms with van der Waals surface area (Å²) in [7, 11) is 0. The van der Waals surface area contributed by atoms with Crippen molar-refractivity contribution in [1.29, 1.82) is 0 Å². The van der Waals surface area contributed by atoms with Gasteiger partial charge in [0.25, 0.3) is 0 Å². The molecule has 0 aliphatic carbocycles. The molecule has 1 heterocycles. The van der Waals surface area contributed by atoms with E-state index < -0.39 is 0 Å². The van der Waals surface area contributed by atoms with Crippen molar-refractivity contribution >= 4 is 11.6 Å². The summed E-state index contributed by atoms with van der Waals surface area (Å²) in [5.41, 5.74) is 4.20. The van der Waals surface area contributed by atoms with Crippen molar-refractivity contribution in [3.05, 3.63) is 34.9 Å². The summed E-state index contributed by atoms with van der Waals surface area (Å²) in [5.74, 6) is 0.626. The fourth-order valence-electron chi connectivity index (χ4n) is 1.81. The van der Waals surface area contributed by atoms with Crippen LogP contribution in [0.3, 0.4) is 0 Å². The normalized spacial score (nSPS) is 16.4. The zero-order valence-corrected chi connectivity index (χ0v) is 8.40. The highest BCUT2D eigenvalue weighted by atomic mass is 35.5. The molecule has 1 aliphatic rings. The first-order valence-corrected chi connectivity index (χ1v) is 5.31. The van der Waals surface area contributed by atoms with Crippen LogP contribution < -0.4 is 5.32 Å². The Morgan fingerprint density at radius 2 is 1.92 bits per heavy atom. The molecule has 0 unspecified atom stereocenters. The van der Waals surface area contributed by atoms with E-state index in [4.69, 9.17) is 11.6 Å². The van der Waals surface area contributed by atoms with Gasteiger partial charge in [0.2, 0.25) is 0 Å². The van der Waals surface area contributed by atoms with Gasteiger partial charge in [0.05, 0.1) is 0 Å². The maximum Gasteiger partial charge on any atom is 0.0474 e. The minimum absolute atomic E-state index is 0.626. The van der Waals surface area contributed by atoms with Crippen LogP contribution >= 0.6 is 11.6 Å². The number of hydrogen-bond donors (Lipinski definition) is 1. The lowest BCUT2D eigenvalue weighted by Crippen LogP contribution is -2.16. The smallest absolute Gasteiger partial charge is 0.0474 e. The first kappa shape index (κ1) is 9.04. The average molecular weight is 196 g/mol. The molecule has 0 spiro atoms. The van der Waals surface area contributed by atoms with E-state index >= 15 is 0 Å². The van der Waals surface area contributed by atoms with Gasteiger partial charge in [-0.1, -0.05) is 18.2 Å². The Morgan fingerprint density at radius 1 is 1.15 bits per heavy atom. The zero-order chi connectivity index (χ0) is 9.10. The minimum atomic E-state index is 0.626. The Balaban J connectivity index is 2.32. The second-order valence-corrected chi connectivity index (χ2v) is 3.75. The van der Waals surface area contributed by atoms with E-state index in [1.807, 2.05) is 0 Å². The summed E-state index contributed by atoms with van der Waals surface area (Å²) < 4.78 is 0. The molecule has 1 aromatic carbocycles. The standard InChI is InChI=1S/C11H14ClN/c12-8-9-1-2-10-3-5-13-6-4-11(10)7-9/h1-2,7,13H,3-6,8H2. The van der Waals surface area contributed by atoms with Gasteiger partial charge in [0.15, 0.2) is 0 Å². The molecular weight excluding hydrogens is 182 g/mol. The molecule has 0 amide bonds. The van der Waals surface area contributed by atoms with Gasteiger partial charge >= 0.3 is 0 Å². The minimum Gasteiger partial charge on any atom is -0.316 e. The van der Waals surface area contributed by atoms with Gasteiger partial charge in [0.1, 0.15) is 0 Å². The lowest BCUT2D eigenvalue weighted by atomic mass is 10.0. The zero-order valence-electron chi connectivity index (χ0n) is 7.65. The molecular formula is C11H14ClN. The Hall–Kier alpha value is -0.530. The van der Waals surface area contributed by atoms with Gasteiger partial charge in [-0.15, -0.1) is 11.6 Å². The fraction of sp³-hybridized carbons (Fsp3) is 0.455. The van der Waals surface area contributed by atoms with Crippen molar-refractivity contribution in [2.45, 2.75) is 18.7 Å². The van der Waals surface area contributed by atoms with Crippen molar-refractivity contribution in [1.82, 2.24) is 5.32 Å². The van der Waals surface area contributed by atoms with Gasteiger partial charge in [-0.05, 0) is 42.6 Å². The number of halogens is 1. The molecule has 0 atom stereocenters. The third-order valence-electron chi connectivity index (χ3n) is 2.57. The molecule has 0 fully saturated rings. The SMILES string of the molecule is ClCc1ccc2c(c1)CCNCC2. The molecule has 70 valence electrons. The number of hydrogen-bond acceptors (Lipinski definition) is 1. The van der Waals surface area contributed by atoms with Gasteiger partial charge in [-0.3, -0.25) is 0 Å². The summed E-state index contributed by atoms with van der Waals surface area (Å²) in [6.07, 6.45) is 2.29. The van der Waals surface area contributed by atoms with E-state index in [2.05, 4.69) is 23.5 Å². The summed E-state index contributed by atoms with van der Waals surface area (Å²) in [6.45, 7) is 2.20. The fourth-order valence-corrected chi connectivity index (χ4v) is 1.98. The summed E-state index contributed by atoms with van der Waals surface area (Å²) >= 11 is 5.79. The largest absolute Gasteiger partial charge is 0.316 e. The number of fused-ring (bicyclic) bond motifs is 1. The molecule has 0 radical (unpaired) electrons.